The molecule has 2 aromatic rings. The molecule has 2 aromatic carbocycles. The minimum atomic E-state index is -0.562. The van der Waals surface area contributed by atoms with Gasteiger partial charge in [0.05, 0.1) is 19.8 Å². The molecule has 6 nitrogen and oxygen atoms in total. The number of hydrogen-bond donors (Lipinski definition) is 2. The van der Waals surface area contributed by atoms with Crippen LogP contribution in [0.5, 0.6) is 0 Å². The fourth-order valence-electron chi connectivity index (χ4n) is 2.76. The monoisotopic (exact) mass is 385 g/mol. The first kappa shape index (κ1) is 19.4. The highest BCUT2D eigenvalue weighted by Gasteiger charge is 2.11. The van der Waals surface area contributed by atoms with Crippen LogP contribution in [0.2, 0.25) is 0 Å². The van der Waals surface area contributed by atoms with Crippen molar-refractivity contribution in [2.24, 2.45) is 5.73 Å². The molecule has 0 bridgehead atoms. The van der Waals surface area contributed by atoms with Gasteiger partial charge in [-0.3, -0.25) is 14.5 Å². The largest absolute Gasteiger partial charge is 0.379 e. The lowest BCUT2D eigenvalue weighted by atomic mass is 10.2. The summed E-state index contributed by atoms with van der Waals surface area (Å²) in [6, 6.07) is 15.8. The van der Waals surface area contributed by atoms with Gasteiger partial charge in [-0.05, 0) is 42.0 Å². The number of nitrogens with zero attached hydrogens (tertiary/aromatic N) is 1. The van der Waals surface area contributed by atoms with Gasteiger partial charge in [0, 0.05) is 35.0 Å². The third-order valence-electron chi connectivity index (χ3n) is 4.21. The van der Waals surface area contributed by atoms with Gasteiger partial charge in [0.1, 0.15) is 0 Å². The zero-order chi connectivity index (χ0) is 19.1. The van der Waals surface area contributed by atoms with E-state index in [1.165, 1.54) is 5.56 Å². The minimum absolute atomic E-state index is 0.161. The average Bonchev–Trinajstić information content (AvgIpc) is 2.69. The van der Waals surface area contributed by atoms with Crippen LogP contribution in [-0.2, 0) is 16.1 Å². The molecule has 0 unspecified atom stereocenters. The van der Waals surface area contributed by atoms with Crippen LogP contribution in [0.15, 0.2) is 58.3 Å². The number of primary amides is 1. The van der Waals surface area contributed by atoms with Crippen molar-refractivity contribution in [3.8, 4) is 0 Å². The summed E-state index contributed by atoms with van der Waals surface area (Å²) in [4.78, 5) is 27.2. The Morgan fingerprint density at radius 3 is 2.19 bits per heavy atom. The molecule has 0 aromatic heterocycles. The first-order valence-corrected chi connectivity index (χ1v) is 9.65. The molecule has 7 heteroatoms. The van der Waals surface area contributed by atoms with E-state index in [0.29, 0.717) is 5.56 Å². The molecular weight excluding hydrogens is 362 g/mol. The number of ether oxygens (including phenoxy) is 1. The summed E-state index contributed by atoms with van der Waals surface area (Å²) in [6.07, 6.45) is 0. The number of morpholine rings is 1. The standard InChI is InChI=1S/C20H23N3O3S/c21-19(24)13-22-20(25)16-3-7-18(8-4-16)27-17-5-1-15(2-6-17)14-23-9-11-26-12-10-23/h1-8H,9-14H2,(H2,21,24)(H,22,25). The zero-order valence-electron chi connectivity index (χ0n) is 15.0. The normalized spacial score (nSPS) is 14.7. The smallest absolute Gasteiger partial charge is 0.251 e. The van der Waals surface area contributed by atoms with Crippen molar-refractivity contribution in [2.75, 3.05) is 32.8 Å². The Morgan fingerprint density at radius 2 is 1.59 bits per heavy atom. The highest BCUT2D eigenvalue weighted by atomic mass is 32.2. The van der Waals surface area contributed by atoms with Crippen LogP contribution >= 0.6 is 11.8 Å². The number of benzene rings is 2. The molecule has 1 aliphatic rings. The van der Waals surface area contributed by atoms with Crippen molar-refractivity contribution in [2.45, 2.75) is 16.3 Å². The predicted molar refractivity (Wildman–Crippen MR) is 105 cm³/mol. The fraction of sp³-hybridized carbons (Fsp3) is 0.300. The van der Waals surface area contributed by atoms with E-state index >= 15 is 0 Å². The van der Waals surface area contributed by atoms with Gasteiger partial charge in [-0.25, -0.2) is 0 Å². The second-order valence-electron chi connectivity index (χ2n) is 6.31. The van der Waals surface area contributed by atoms with Gasteiger partial charge in [0.25, 0.3) is 5.91 Å². The van der Waals surface area contributed by atoms with E-state index in [1.807, 2.05) is 12.1 Å². The molecule has 1 fully saturated rings. The third-order valence-corrected chi connectivity index (χ3v) is 5.22. The van der Waals surface area contributed by atoms with Gasteiger partial charge >= 0.3 is 0 Å². The lowest BCUT2D eigenvalue weighted by molar-refractivity contribution is -0.117. The van der Waals surface area contributed by atoms with Crippen molar-refractivity contribution in [1.29, 1.82) is 0 Å². The summed E-state index contributed by atoms with van der Waals surface area (Å²) < 4.78 is 5.38. The number of nitrogens with one attached hydrogen (secondary N) is 1. The number of rotatable bonds is 7. The summed E-state index contributed by atoms with van der Waals surface area (Å²) in [5, 5.41) is 2.48. The molecule has 1 saturated heterocycles. The van der Waals surface area contributed by atoms with Gasteiger partial charge in [0.2, 0.25) is 5.91 Å². The molecule has 0 atom stereocenters. The molecule has 3 rings (SSSR count). The first-order chi connectivity index (χ1) is 13.1. The fourth-order valence-corrected chi connectivity index (χ4v) is 3.58. The number of hydrogen-bond acceptors (Lipinski definition) is 5. The topological polar surface area (TPSA) is 84.7 Å². The van der Waals surface area contributed by atoms with Crippen LogP contribution < -0.4 is 11.1 Å². The van der Waals surface area contributed by atoms with Crippen LogP contribution in [0.3, 0.4) is 0 Å². The van der Waals surface area contributed by atoms with Gasteiger partial charge in [-0.2, -0.15) is 0 Å². The molecule has 1 heterocycles. The molecule has 142 valence electrons. The van der Waals surface area contributed by atoms with E-state index in [9.17, 15) is 9.59 Å². The summed E-state index contributed by atoms with van der Waals surface area (Å²) in [6.45, 7) is 4.37. The molecule has 27 heavy (non-hydrogen) atoms. The maximum absolute atomic E-state index is 11.9. The predicted octanol–water partition coefficient (Wildman–Crippen LogP) is 1.89. The Hall–Kier alpha value is -2.35. The van der Waals surface area contributed by atoms with E-state index in [1.54, 1.807) is 23.9 Å². The lowest BCUT2D eigenvalue weighted by Crippen LogP contribution is -2.35. The van der Waals surface area contributed by atoms with Crippen LogP contribution in [0.4, 0.5) is 0 Å². The SMILES string of the molecule is NC(=O)CNC(=O)c1ccc(Sc2ccc(CN3CCOCC3)cc2)cc1. The first-order valence-electron chi connectivity index (χ1n) is 8.83. The Labute approximate surface area is 163 Å². The van der Waals surface area contributed by atoms with Crippen LogP contribution in [0, 0.1) is 0 Å². The van der Waals surface area contributed by atoms with Crippen molar-refractivity contribution in [3.05, 3.63) is 59.7 Å². The Kier molecular flexibility index (Phi) is 6.86. The van der Waals surface area contributed by atoms with Gasteiger partial charge < -0.3 is 15.8 Å². The molecule has 1 aliphatic heterocycles. The highest BCUT2D eigenvalue weighted by molar-refractivity contribution is 7.99. The maximum Gasteiger partial charge on any atom is 0.251 e. The Bertz CT molecular complexity index is 772. The van der Waals surface area contributed by atoms with E-state index in [2.05, 4.69) is 34.5 Å². The lowest BCUT2D eigenvalue weighted by Gasteiger charge is -2.26. The molecule has 2 amide bonds. The number of nitrogens with two attached hydrogens (primary N) is 1. The van der Waals surface area contributed by atoms with Gasteiger partial charge in [0.15, 0.2) is 0 Å². The molecule has 0 radical (unpaired) electrons. The van der Waals surface area contributed by atoms with E-state index in [4.69, 9.17) is 10.5 Å². The zero-order valence-corrected chi connectivity index (χ0v) is 15.8. The second kappa shape index (κ2) is 9.55. The average molecular weight is 385 g/mol. The number of carbonyl (C=O) groups excluding carboxylic acids is 2. The van der Waals surface area contributed by atoms with Crippen molar-refractivity contribution < 1.29 is 14.3 Å². The van der Waals surface area contributed by atoms with Crippen LogP contribution in [-0.4, -0.2) is 49.6 Å². The van der Waals surface area contributed by atoms with Crippen molar-refractivity contribution in [3.63, 3.8) is 0 Å². The quantitative estimate of drug-likeness (QED) is 0.760. The summed E-state index contributed by atoms with van der Waals surface area (Å²) >= 11 is 1.64. The third kappa shape index (κ3) is 6.09. The summed E-state index contributed by atoms with van der Waals surface area (Å²) in [7, 11) is 0. The van der Waals surface area contributed by atoms with E-state index in [0.717, 1.165) is 42.6 Å². The maximum atomic E-state index is 11.9. The Balaban J connectivity index is 1.53. The van der Waals surface area contributed by atoms with Crippen molar-refractivity contribution >= 4 is 23.6 Å². The number of amides is 2. The van der Waals surface area contributed by atoms with E-state index in [-0.39, 0.29) is 12.5 Å². The minimum Gasteiger partial charge on any atom is -0.379 e. The second-order valence-corrected chi connectivity index (χ2v) is 7.45. The summed E-state index contributed by atoms with van der Waals surface area (Å²) in [5.74, 6) is -0.870. The summed E-state index contributed by atoms with van der Waals surface area (Å²) in [5.41, 5.74) is 6.82. The highest BCUT2D eigenvalue weighted by Crippen LogP contribution is 2.28. The molecule has 0 spiro atoms. The molecule has 0 saturated carbocycles. The van der Waals surface area contributed by atoms with E-state index < -0.39 is 5.91 Å². The van der Waals surface area contributed by atoms with Gasteiger partial charge in [-0.1, -0.05) is 23.9 Å². The molecular formula is C20H23N3O3S. The Morgan fingerprint density at radius 1 is 1.00 bits per heavy atom. The number of carbonyl (C=O) groups is 2. The van der Waals surface area contributed by atoms with Crippen LogP contribution in [0.1, 0.15) is 15.9 Å². The van der Waals surface area contributed by atoms with Crippen LogP contribution in [0.25, 0.3) is 0 Å². The molecule has 3 N–H and O–H groups in total. The van der Waals surface area contributed by atoms with Gasteiger partial charge in [-0.15, -0.1) is 0 Å². The van der Waals surface area contributed by atoms with Crippen molar-refractivity contribution in [1.82, 2.24) is 10.2 Å². The molecule has 0 aliphatic carbocycles.